The molecule has 0 spiro atoms. The Morgan fingerprint density at radius 2 is 1.95 bits per heavy atom. The molecule has 1 atom stereocenters. The van der Waals surface area contributed by atoms with E-state index in [-0.39, 0.29) is 6.10 Å². The van der Waals surface area contributed by atoms with Crippen LogP contribution in [0.4, 0.5) is 0 Å². The van der Waals surface area contributed by atoms with Gasteiger partial charge in [0, 0.05) is 0 Å². The van der Waals surface area contributed by atoms with Gasteiger partial charge in [0.15, 0.2) is 0 Å². The molecule has 1 aromatic rings. The first-order valence-corrected chi connectivity index (χ1v) is 7.09. The number of para-hydroxylation sites is 1. The molecule has 0 aliphatic heterocycles. The number of ether oxygens (including phenoxy) is 1. The van der Waals surface area contributed by atoms with Gasteiger partial charge in [-0.3, -0.25) is 0 Å². The van der Waals surface area contributed by atoms with Crippen LogP contribution in [-0.4, -0.2) is 11.2 Å². The van der Waals surface area contributed by atoms with E-state index in [1.165, 1.54) is 12.8 Å². The third-order valence-electron chi connectivity index (χ3n) is 3.31. The number of aryl methyl sites for hydroxylation is 1. The van der Waals surface area contributed by atoms with Crippen LogP contribution in [0.5, 0.6) is 5.75 Å². The van der Waals surface area contributed by atoms with Crippen molar-refractivity contribution in [3.8, 4) is 12.0 Å². The molecule has 3 nitrogen and oxygen atoms in total. The first-order valence-electron chi connectivity index (χ1n) is 7.09. The smallest absolute Gasteiger partial charge is 0.286 e. The molecule has 1 aromatic carbocycles. The van der Waals surface area contributed by atoms with Crippen LogP contribution in [0.1, 0.15) is 51.0 Å². The molecule has 0 aromatic heterocycles. The SMILES string of the molecule is CCCCCC(CCCc1ccccc1O)OC#N. The number of benzene rings is 1. The highest BCUT2D eigenvalue weighted by Crippen LogP contribution is 2.20. The zero-order valence-corrected chi connectivity index (χ0v) is 11.6. The summed E-state index contributed by atoms with van der Waals surface area (Å²) in [4.78, 5) is 0. The van der Waals surface area contributed by atoms with E-state index in [4.69, 9.17) is 10.00 Å². The van der Waals surface area contributed by atoms with E-state index >= 15 is 0 Å². The van der Waals surface area contributed by atoms with Crippen LogP contribution < -0.4 is 0 Å². The molecule has 0 radical (unpaired) electrons. The maximum atomic E-state index is 9.67. The van der Waals surface area contributed by atoms with Crippen molar-refractivity contribution in [1.82, 2.24) is 0 Å². The molecule has 1 rings (SSSR count). The van der Waals surface area contributed by atoms with Crippen molar-refractivity contribution in [3.63, 3.8) is 0 Å². The molecular formula is C16H23NO2. The third kappa shape index (κ3) is 6.15. The predicted octanol–water partition coefficient (Wildman–Crippen LogP) is 4.16. The van der Waals surface area contributed by atoms with Gasteiger partial charge in [0.05, 0.1) is 0 Å². The van der Waals surface area contributed by atoms with Crippen molar-refractivity contribution < 1.29 is 9.84 Å². The summed E-state index contributed by atoms with van der Waals surface area (Å²) >= 11 is 0. The molecule has 3 heteroatoms. The van der Waals surface area contributed by atoms with Gasteiger partial charge in [-0.25, -0.2) is 0 Å². The zero-order valence-electron chi connectivity index (χ0n) is 11.6. The van der Waals surface area contributed by atoms with Crippen molar-refractivity contribution >= 4 is 0 Å². The number of aromatic hydroxyl groups is 1. The Labute approximate surface area is 115 Å². The summed E-state index contributed by atoms with van der Waals surface area (Å²) in [6.07, 6.45) is 8.87. The van der Waals surface area contributed by atoms with Gasteiger partial charge in [0.1, 0.15) is 11.9 Å². The number of unbranched alkanes of at least 4 members (excludes halogenated alkanes) is 2. The Morgan fingerprint density at radius 1 is 1.21 bits per heavy atom. The molecule has 0 heterocycles. The Bertz CT molecular complexity index is 398. The largest absolute Gasteiger partial charge is 0.508 e. The monoisotopic (exact) mass is 261 g/mol. The summed E-state index contributed by atoms with van der Waals surface area (Å²) in [5.41, 5.74) is 0.965. The number of nitriles is 1. The molecule has 0 saturated heterocycles. The molecule has 1 unspecified atom stereocenters. The van der Waals surface area contributed by atoms with E-state index in [9.17, 15) is 5.11 Å². The number of phenols is 1. The van der Waals surface area contributed by atoms with Crippen molar-refractivity contribution in [3.05, 3.63) is 29.8 Å². The number of nitrogens with zero attached hydrogens (tertiary/aromatic N) is 1. The molecule has 1 N–H and O–H groups in total. The second kappa shape index (κ2) is 9.27. The number of hydrogen-bond acceptors (Lipinski definition) is 3. The molecule has 104 valence electrons. The van der Waals surface area contributed by atoms with Crippen molar-refractivity contribution in [2.45, 2.75) is 58.0 Å². The minimum absolute atomic E-state index is 0.0300. The molecular weight excluding hydrogens is 238 g/mol. The first kappa shape index (κ1) is 15.4. The van der Waals surface area contributed by atoms with Gasteiger partial charge < -0.3 is 9.84 Å². The van der Waals surface area contributed by atoms with Gasteiger partial charge in [-0.15, -0.1) is 0 Å². The van der Waals surface area contributed by atoms with Crippen molar-refractivity contribution in [2.75, 3.05) is 0 Å². The lowest BCUT2D eigenvalue weighted by Gasteiger charge is -2.13. The van der Waals surface area contributed by atoms with Crippen molar-refractivity contribution in [2.24, 2.45) is 0 Å². The summed E-state index contributed by atoms with van der Waals surface area (Å²) in [5, 5.41) is 18.3. The normalized spacial score (nSPS) is 11.8. The number of phenolic OH excluding ortho intramolecular Hbond substituents is 1. The van der Waals surface area contributed by atoms with Gasteiger partial charge >= 0.3 is 0 Å². The molecule has 0 amide bonds. The Balaban J connectivity index is 2.31. The van der Waals surface area contributed by atoms with E-state index in [0.717, 1.165) is 37.7 Å². The van der Waals surface area contributed by atoms with Crippen LogP contribution in [0, 0.1) is 11.5 Å². The summed E-state index contributed by atoms with van der Waals surface area (Å²) < 4.78 is 5.10. The predicted molar refractivity (Wildman–Crippen MR) is 75.7 cm³/mol. The van der Waals surface area contributed by atoms with E-state index < -0.39 is 0 Å². The second-order valence-corrected chi connectivity index (χ2v) is 4.85. The third-order valence-corrected chi connectivity index (χ3v) is 3.31. The van der Waals surface area contributed by atoms with Gasteiger partial charge in [0.25, 0.3) is 6.26 Å². The Morgan fingerprint density at radius 3 is 2.63 bits per heavy atom. The molecule has 0 fully saturated rings. The highest BCUT2D eigenvalue weighted by atomic mass is 16.5. The fraction of sp³-hybridized carbons (Fsp3) is 0.562. The van der Waals surface area contributed by atoms with E-state index in [0.29, 0.717) is 5.75 Å². The van der Waals surface area contributed by atoms with Crippen LogP contribution in [0.2, 0.25) is 0 Å². The minimum Gasteiger partial charge on any atom is -0.508 e. The fourth-order valence-corrected chi connectivity index (χ4v) is 2.20. The van der Waals surface area contributed by atoms with Gasteiger partial charge in [-0.1, -0.05) is 38.0 Å². The van der Waals surface area contributed by atoms with E-state index in [2.05, 4.69) is 6.92 Å². The average Bonchev–Trinajstić information content (AvgIpc) is 2.41. The van der Waals surface area contributed by atoms with Crippen LogP contribution in [0.3, 0.4) is 0 Å². The van der Waals surface area contributed by atoms with Gasteiger partial charge in [-0.05, 0) is 43.7 Å². The van der Waals surface area contributed by atoms with Crippen LogP contribution in [0.25, 0.3) is 0 Å². The summed E-state index contributed by atoms with van der Waals surface area (Å²) in [5.74, 6) is 0.353. The lowest BCUT2D eigenvalue weighted by atomic mass is 10.0. The number of hydrogen-bond donors (Lipinski definition) is 1. The molecule has 0 aliphatic rings. The van der Waals surface area contributed by atoms with Crippen molar-refractivity contribution in [1.29, 1.82) is 5.26 Å². The quantitative estimate of drug-likeness (QED) is 0.536. The molecule has 0 bridgehead atoms. The van der Waals surface area contributed by atoms with Gasteiger partial charge in [0.2, 0.25) is 0 Å². The van der Waals surface area contributed by atoms with Crippen LogP contribution in [0.15, 0.2) is 24.3 Å². The standard InChI is InChI=1S/C16H23NO2/c1-2-3-4-10-15(19-13-17)11-7-9-14-8-5-6-12-16(14)18/h5-6,8,12,15,18H,2-4,7,9-11H2,1H3. The highest BCUT2D eigenvalue weighted by Gasteiger charge is 2.10. The topological polar surface area (TPSA) is 53.2 Å². The summed E-state index contributed by atoms with van der Waals surface area (Å²) in [7, 11) is 0. The van der Waals surface area contributed by atoms with Gasteiger partial charge in [-0.2, -0.15) is 5.26 Å². The molecule has 19 heavy (non-hydrogen) atoms. The maximum absolute atomic E-state index is 9.67. The summed E-state index contributed by atoms with van der Waals surface area (Å²) in [6.45, 7) is 2.17. The first-order chi connectivity index (χ1) is 9.27. The second-order valence-electron chi connectivity index (χ2n) is 4.85. The Hall–Kier alpha value is -1.69. The lowest BCUT2D eigenvalue weighted by Crippen LogP contribution is -2.10. The van der Waals surface area contributed by atoms with E-state index in [1.807, 2.05) is 18.2 Å². The maximum Gasteiger partial charge on any atom is 0.286 e. The Kier molecular flexibility index (Phi) is 7.50. The molecule has 0 aliphatic carbocycles. The fourth-order valence-electron chi connectivity index (χ4n) is 2.20. The minimum atomic E-state index is 0.0300. The zero-order chi connectivity index (χ0) is 13.9. The van der Waals surface area contributed by atoms with Crippen LogP contribution >= 0.6 is 0 Å². The lowest BCUT2D eigenvalue weighted by molar-refractivity contribution is 0.137. The highest BCUT2D eigenvalue weighted by molar-refractivity contribution is 5.31. The summed E-state index contributed by atoms with van der Waals surface area (Å²) in [6, 6.07) is 7.40. The average molecular weight is 261 g/mol. The molecule has 0 saturated carbocycles. The van der Waals surface area contributed by atoms with E-state index in [1.54, 1.807) is 12.3 Å². The van der Waals surface area contributed by atoms with Crippen LogP contribution in [-0.2, 0) is 11.2 Å². The number of rotatable bonds is 9.